The summed E-state index contributed by atoms with van der Waals surface area (Å²) in [6.45, 7) is 2.95. The summed E-state index contributed by atoms with van der Waals surface area (Å²) in [7, 11) is -0.182. The quantitative estimate of drug-likeness (QED) is 0.891. The lowest BCUT2D eigenvalue weighted by atomic mass is 9.92. The van der Waals surface area contributed by atoms with Crippen molar-refractivity contribution >= 4 is 15.9 Å². The molecule has 2 rings (SSSR count). The van der Waals surface area contributed by atoms with Crippen LogP contribution in [0.3, 0.4) is 0 Å². The van der Waals surface area contributed by atoms with Crippen LogP contribution in [-0.4, -0.2) is 56.8 Å². The van der Waals surface area contributed by atoms with Crippen LogP contribution in [0.2, 0.25) is 0 Å². The van der Waals surface area contributed by atoms with Gasteiger partial charge in [-0.2, -0.15) is 4.31 Å². The van der Waals surface area contributed by atoms with Gasteiger partial charge >= 0.3 is 0 Å². The molecule has 128 valence electrons. The van der Waals surface area contributed by atoms with Gasteiger partial charge in [0.2, 0.25) is 10.0 Å². The molecule has 0 aromatic heterocycles. The van der Waals surface area contributed by atoms with E-state index in [0.29, 0.717) is 24.6 Å². The maximum atomic E-state index is 12.7. The van der Waals surface area contributed by atoms with Gasteiger partial charge in [0, 0.05) is 38.8 Å². The molecule has 1 aromatic rings. The Hall–Kier alpha value is -1.44. The van der Waals surface area contributed by atoms with Crippen molar-refractivity contribution in [2.75, 3.05) is 27.2 Å². The van der Waals surface area contributed by atoms with E-state index in [1.165, 1.54) is 21.3 Å². The topological polar surface area (TPSA) is 83.7 Å². The normalized spacial score (nSPS) is 18.6. The van der Waals surface area contributed by atoms with Crippen molar-refractivity contribution in [1.29, 1.82) is 0 Å². The van der Waals surface area contributed by atoms with Crippen molar-refractivity contribution in [2.45, 2.75) is 30.7 Å². The lowest BCUT2D eigenvalue weighted by Crippen LogP contribution is -2.42. The molecule has 0 aliphatic carbocycles. The highest BCUT2D eigenvalue weighted by molar-refractivity contribution is 7.89. The molecule has 1 aromatic carbocycles. The van der Waals surface area contributed by atoms with Crippen molar-refractivity contribution in [1.82, 2.24) is 9.21 Å². The molecule has 23 heavy (non-hydrogen) atoms. The maximum absolute atomic E-state index is 12.7. The molecule has 0 bridgehead atoms. The lowest BCUT2D eigenvalue weighted by molar-refractivity contribution is 0.0827. The molecule has 1 amide bonds. The predicted molar refractivity (Wildman–Crippen MR) is 89.6 cm³/mol. The number of sulfonamides is 1. The highest BCUT2D eigenvalue weighted by atomic mass is 32.2. The molecular formula is C16H25N3O3S. The number of carbonyl (C=O) groups excluding carboxylic acids is 1. The Morgan fingerprint density at radius 2 is 1.74 bits per heavy atom. The Morgan fingerprint density at radius 3 is 2.17 bits per heavy atom. The summed E-state index contributed by atoms with van der Waals surface area (Å²) >= 11 is 0. The summed E-state index contributed by atoms with van der Waals surface area (Å²) in [5.74, 6) is 0.230. The largest absolute Gasteiger partial charge is 0.345 e. The van der Waals surface area contributed by atoms with Gasteiger partial charge in [-0.05, 0) is 49.9 Å². The van der Waals surface area contributed by atoms with Crippen LogP contribution in [0.25, 0.3) is 0 Å². The fourth-order valence-corrected chi connectivity index (χ4v) is 4.29. The van der Waals surface area contributed by atoms with E-state index in [9.17, 15) is 13.2 Å². The van der Waals surface area contributed by atoms with Crippen molar-refractivity contribution in [2.24, 2.45) is 11.7 Å². The van der Waals surface area contributed by atoms with E-state index in [1.54, 1.807) is 26.2 Å². The second kappa shape index (κ2) is 6.98. The maximum Gasteiger partial charge on any atom is 0.253 e. The van der Waals surface area contributed by atoms with Gasteiger partial charge in [0.05, 0.1) is 4.90 Å². The zero-order valence-electron chi connectivity index (χ0n) is 13.9. The minimum Gasteiger partial charge on any atom is -0.345 e. The zero-order chi connectivity index (χ0) is 17.2. The minimum atomic E-state index is -3.51. The molecule has 0 spiro atoms. The van der Waals surface area contributed by atoms with Gasteiger partial charge in [0.15, 0.2) is 0 Å². The van der Waals surface area contributed by atoms with Gasteiger partial charge in [0.1, 0.15) is 0 Å². The van der Waals surface area contributed by atoms with E-state index in [4.69, 9.17) is 5.73 Å². The monoisotopic (exact) mass is 339 g/mol. The van der Waals surface area contributed by atoms with Crippen LogP contribution in [-0.2, 0) is 10.0 Å². The van der Waals surface area contributed by atoms with Gasteiger partial charge in [-0.3, -0.25) is 4.79 Å². The predicted octanol–water partition coefficient (Wildman–Crippen LogP) is 1.14. The third kappa shape index (κ3) is 3.91. The molecule has 1 unspecified atom stereocenters. The summed E-state index contributed by atoms with van der Waals surface area (Å²) in [5.41, 5.74) is 6.37. The van der Waals surface area contributed by atoms with Crippen molar-refractivity contribution in [3.63, 3.8) is 0 Å². The van der Waals surface area contributed by atoms with E-state index in [-0.39, 0.29) is 16.8 Å². The van der Waals surface area contributed by atoms with E-state index in [0.717, 1.165) is 12.8 Å². The second-order valence-electron chi connectivity index (χ2n) is 6.32. The fourth-order valence-electron chi connectivity index (χ4n) is 2.82. The highest BCUT2D eigenvalue weighted by Crippen LogP contribution is 2.25. The number of piperidine rings is 1. The van der Waals surface area contributed by atoms with Gasteiger partial charge in [0.25, 0.3) is 5.91 Å². The number of amides is 1. The molecule has 0 radical (unpaired) electrons. The molecule has 1 saturated heterocycles. The van der Waals surface area contributed by atoms with Crippen LogP contribution >= 0.6 is 0 Å². The van der Waals surface area contributed by atoms with Gasteiger partial charge in [-0.15, -0.1) is 0 Å². The summed E-state index contributed by atoms with van der Waals surface area (Å²) < 4.78 is 26.9. The Bertz CT molecular complexity index is 646. The molecule has 6 nitrogen and oxygen atoms in total. The van der Waals surface area contributed by atoms with Crippen molar-refractivity contribution in [3.05, 3.63) is 29.8 Å². The number of benzene rings is 1. The lowest BCUT2D eigenvalue weighted by Gasteiger charge is -2.32. The van der Waals surface area contributed by atoms with E-state index in [2.05, 4.69) is 0 Å². The van der Waals surface area contributed by atoms with Crippen LogP contribution in [0.5, 0.6) is 0 Å². The Labute approximate surface area is 138 Å². The summed E-state index contributed by atoms with van der Waals surface area (Å²) in [6.07, 6.45) is 1.57. The Balaban J connectivity index is 2.13. The molecular weight excluding hydrogens is 314 g/mol. The van der Waals surface area contributed by atoms with Crippen molar-refractivity contribution < 1.29 is 13.2 Å². The second-order valence-corrected chi connectivity index (χ2v) is 8.26. The first-order valence-corrected chi connectivity index (χ1v) is 9.25. The van der Waals surface area contributed by atoms with E-state index >= 15 is 0 Å². The average Bonchev–Trinajstić information content (AvgIpc) is 2.54. The molecule has 1 aliphatic heterocycles. The van der Waals surface area contributed by atoms with Crippen LogP contribution in [0, 0.1) is 5.92 Å². The van der Waals surface area contributed by atoms with E-state index in [1.807, 2.05) is 6.92 Å². The van der Waals surface area contributed by atoms with Gasteiger partial charge in [-0.25, -0.2) is 8.42 Å². The Kier molecular flexibility index (Phi) is 5.44. The molecule has 2 N–H and O–H groups in total. The van der Waals surface area contributed by atoms with Crippen LogP contribution in [0.4, 0.5) is 0 Å². The number of hydrogen-bond acceptors (Lipinski definition) is 4. The number of nitrogens with zero attached hydrogens (tertiary/aromatic N) is 2. The van der Waals surface area contributed by atoms with Gasteiger partial charge in [-0.1, -0.05) is 0 Å². The SMILES string of the molecule is CC(N)C1CCN(S(=O)(=O)c2ccc(C(=O)N(C)C)cc2)CC1. The molecule has 0 saturated carbocycles. The minimum absolute atomic E-state index is 0.0937. The Morgan fingerprint density at radius 1 is 1.22 bits per heavy atom. The van der Waals surface area contributed by atoms with Crippen LogP contribution in [0.15, 0.2) is 29.2 Å². The first-order chi connectivity index (χ1) is 10.7. The summed E-state index contributed by atoms with van der Waals surface area (Å²) in [5, 5.41) is 0. The van der Waals surface area contributed by atoms with Crippen molar-refractivity contribution in [3.8, 4) is 0 Å². The molecule has 1 heterocycles. The number of rotatable bonds is 4. The first-order valence-electron chi connectivity index (χ1n) is 7.81. The van der Waals surface area contributed by atoms with Crippen LogP contribution < -0.4 is 5.73 Å². The first kappa shape index (κ1) is 17.9. The fraction of sp³-hybridized carbons (Fsp3) is 0.562. The standard InChI is InChI=1S/C16H25N3O3S/c1-12(17)13-8-10-19(11-9-13)23(21,22)15-6-4-14(5-7-15)16(20)18(2)3/h4-7,12-13H,8-11,17H2,1-3H3. The summed E-state index contributed by atoms with van der Waals surface area (Å²) in [6, 6.07) is 6.22. The third-order valence-corrected chi connectivity index (χ3v) is 6.30. The molecule has 1 aliphatic rings. The van der Waals surface area contributed by atoms with Gasteiger partial charge < -0.3 is 10.6 Å². The summed E-state index contributed by atoms with van der Waals surface area (Å²) in [4.78, 5) is 13.6. The van der Waals surface area contributed by atoms with Crippen LogP contribution in [0.1, 0.15) is 30.1 Å². The number of hydrogen-bond donors (Lipinski definition) is 1. The molecule has 1 atom stereocenters. The van der Waals surface area contributed by atoms with E-state index < -0.39 is 10.0 Å². The third-order valence-electron chi connectivity index (χ3n) is 4.39. The number of nitrogens with two attached hydrogens (primary N) is 1. The smallest absolute Gasteiger partial charge is 0.253 e. The highest BCUT2D eigenvalue weighted by Gasteiger charge is 2.30. The average molecular weight is 339 g/mol. The number of carbonyl (C=O) groups is 1. The zero-order valence-corrected chi connectivity index (χ0v) is 14.7. The molecule has 1 fully saturated rings. The molecule has 7 heteroatoms.